The molecule has 1 aromatic carbocycles. The molecule has 0 saturated heterocycles. The van der Waals surface area contributed by atoms with Gasteiger partial charge in [-0.05, 0) is 31.9 Å². The summed E-state index contributed by atoms with van der Waals surface area (Å²) in [6.45, 7) is 4.21. The van der Waals surface area contributed by atoms with Gasteiger partial charge in [0.1, 0.15) is 0 Å². The van der Waals surface area contributed by atoms with E-state index in [4.69, 9.17) is 11.6 Å². The highest BCUT2D eigenvalue weighted by Gasteiger charge is 2.12. The van der Waals surface area contributed by atoms with Crippen molar-refractivity contribution in [1.82, 2.24) is 5.32 Å². The first-order valence-corrected chi connectivity index (χ1v) is 7.91. The molecule has 3 atom stereocenters. The minimum Gasteiger partial charge on any atom is -0.308 e. The predicted molar refractivity (Wildman–Crippen MR) is 76.0 cm³/mol. The molecule has 1 N–H and O–H groups in total. The van der Waals surface area contributed by atoms with Crippen molar-refractivity contribution >= 4 is 22.4 Å². The van der Waals surface area contributed by atoms with Gasteiger partial charge in [0.05, 0.1) is 0 Å². The molecule has 0 aliphatic rings. The van der Waals surface area contributed by atoms with Crippen LogP contribution in [0.15, 0.2) is 24.3 Å². The van der Waals surface area contributed by atoms with E-state index in [9.17, 15) is 4.21 Å². The zero-order valence-electron chi connectivity index (χ0n) is 10.6. The van der Waals surface area contributed by atoms with Crippen molar-refractivity contribution in [1.29, 1.82) is 0 Å². The molecule has 2 nitrogen and oxygen atoms in total. The summed E-state index contributed by atoms with van der Waals surface area (Å²) in [6, 6.07) is 8.41. The molecular weight excluding hydrogens is 254 g/mol. The largest absolute Gasteiger partial charge is 0.308 e. The van der Waals surface area contributed by atoms with Crippen LogP contribution in [0.2, 0.25) is 5.02 Å². The Balaban J connectivity index is 2.51. The smallest absolute Gasteiger partial charge is 0.0453 e. The van der Waals surface area contributed by atoms with Gasteiger partial charge >= 0.3 is 0 Å². The lowest BCUT2D eigenvalue weighted by Crippen LogP contribution is -2.30. The molecule has 0 aliphatic carbocycles. The van der Waals surface area contributed by atoms with Crippen LogP contribution in [-0.2, 0) is 10.8 Å². The molecule has 1 rings (SSSR count). The number of nitrogens with one attached hydrogen (secondary N) is 1. The van der Waals surface area contributed by atoms with Crippen LogP contribution >= 0.6 is 11.6 Å². The Bertz CT molecular complexity index is 383. The van der Waals surface area contributed by atoms with Crippen LogP contribution in [0.3, 0.4) is 0 Å². The highest BCUT2D eigenvalue weighted by atomic mass is 35.5. The lowest BCUT2D eigenvalue weighted by Gasteiger charge is -2.20. The van der Waals surface area contributed by atoms with E-state index in [1.807, 2.05) is 24.3 Å². The molecule has 0 heterocycles. The zero-order chi connectivity index (χ0) is 12.8. The van der Waals surface area contributed by atoms with Gasteiger partial charge in [0.15, 0.2) is 0 Å². The van der Waals surface area contributed by atoms with Crippen molar-refractivity contribution in [2.24, 2.45) is 0 Å². The Morgan fingerprint density at radius 3 is 2.59 bits per heavy atom. The summed E-state index contributed by atoms with van der Waals surface area (Å²) in [5.41, 5.74) is 1.11. The van der Waals surface area contributed by atoms with Gasteiger partial charge in [0.25, 0.3) is 0 Å². The predicted octanol–water partition coefficient (Wildman–Crippen LogP) is 3.15. The van der Waals surface area contributed by atoms with Gasteiger partial charge in [-0.3, -0.25) is 4.21 Å². The van der Waals surface area contributed by atoms with Crippen molar-refractivity contribution in [3.63, 3.8) is 0 Å². The van der Waals surface area contributed by atoms with E-state index in [1.54, 1.807) is 6.26 Å². The third kappa shape index (κ3) is 5.19. The SMILES string of the molecule is CC(CCS(C)=O)NC(C)c1ccccc1Cl. The molecular formula is C13H20ClNOS. The van der Waals surface area contributed by atoms with Crippen molar-refractivity contribution in [2.45, 2.75) is 32.4 Å². The van der Waals surface area contributed by atoms with E-state index in [2.05, 4.69) is 19.2 Å². The number of benzene rings is 1. The van der Waals surface area contributed by atoms with Crippen LogP contribution in [-0.4, -0.2) is 22.3 Å². The molecule has 96 valence electrons. The maximum atomic E-state index is 11.0. The number of hydrogen-bond acceptors (Lipinski definition) is 2. The Morgan fingerprint density at radius 2 is 2.00 bits per heavy atom. The second-order valence-electron chi connectivity index (χ2n) is 4.38. The molecule has 3 unspecified atom stereocenters. The average molecular weight is 274 g/mol. The topological polar surface area (TPSA) is 29.1 Å². The third-order valence-corrected chi connectivity index (χ3v) is 3.90. The summed E-state index contributed by atoms with van der Waals surface area (Å²) in [5, 5.41) is 4.26. The first-order chi connectivity index (χ1) is 8.00. The van der Waals surface area contributed by atoms with Gasteiger partial charge in [-0.2, -0.15) is 0 Å². The Kier molecular flexibility index (Phi) is 6.17. The quantitative estimate of drug-likeness (QED) is 0.863. The third-order valence-electron chi connectivity index (χ3n) is 2.74. The van der Waals surface area contributed by atoms with Gasteiger partial charge in [-0.15, -0.1) is 0 Å². The fraction of sp³-hybridized carbons (Fsp3) is 0.538. The Hall–Kier alpha value is -0.380. The molecule has 0 spiro atoms. The summed E-state index contributed by atoms with van der Waals surface area (Å²) in [5.74, 6) is 0.739. The average Bonchev–Trinajstić information content (AvgIpc) is 2.26. The van der Waals surface area contributed by atoms with Gasteiger partial charge in [-0.25, -0.2) is 0 Å². The van der Waals surface area contributed by atoms with Crippen LogP contribution in [0, 0.1) is 0 Å². The minimum atomic E-state index is -0.716. The van der Waals surface area contributed by atoms with Crippen LogP contribution in [0.4, 0.5) is 0 Å². The first-order valence-electron chi connectivity index (χ1n) is 5.81. The van der Waals surface area contributed by atoms with E-state index < -0.39 is 10.8 Å². The molecule has 17 heavy (non-hydrogen) atoms. The summed E-state index contributed by atoms with van der Waals surface area (Å²) in [7, 11) is -0.716. The van der Waals surface area contributed by atoms with Gasteiger partial charge in [-0.1, -0.05) is 29.8 Å². The summed E-state index contributed by atoms with van der Waals surface area (Å²) in [6.07, 6.45) is 2.65. The molecule has 0 amide bonds. The number of hydrogen-bond donors (Lipinski definition) is 1. The van der Waals surface area contributed by atoms with Crippen molar-refractivity contribution in [2.75, 3.05) is 12.0 Å². The van der Waals surface area contributed by atoms with Crippen LogP contribution < -0.4 is 5.32 Å². The van der Waals surface area contributed by atoms with E-state index in [0.29, 0.717) is 6.04 Å². The second-order valence-corrected chi connectivity index (χ2v) is 6.34. The molecule has 0 fully saturated rings. The monoisotopic (exact) mass is 273 g/mol. The number of rotatable bonds is 6. The lowest BCUT2D eigenvalue weighted by atomic mass is 10.1. The van der Waals surface area contributed by atoms with Crippen LogP contribution in [0.5, 0.6) is 0 Å². The molecule has 0 radical (unpaired) electrons. The molecule has 0 bridgehead atoms. The van der Waals surface area contributed by atoms with Crippen molar-refractivity contribution < 1.29 is 4.21 Å². The molecule has 0 aromatic heterocycles. The van der Waals surface area contributed by atoms with Crippen molar-refractivity contribution in [3.8, 4) is 0 Å². The summed E-state index contributed by atoms with van der Waals surface area (Å²) < 4.78 is 11.0. The summed E-state index contributed by atoms with van der Waals surface area (Å²) in [4.78, 5) is 0. The van der Waals surface area contributed by atoms with Crippen LogP contribution in [0.25, 0.3) is 0 Å². The fourth-order valence-electron chi connectivity index (χ4n) is 1.77. The normalized spacial score (nSPS) is 16.5. The number of halogens is 1. The van der Waals surface area contributed by atoms with Gasteiger partial charge < -0.3 is 5.32 Å². The van der Waals surface area contributed by atoms with Crippen molar-refractivity contribution in [3.05, 3.63) is 34.9 Å². The van der Waals surface area contributed by atoms with E-state index >= 15 is 0 Å². The van der Waals surface area contributed by atoms with E-state index in [0.717, 1.165) is 22.8 Å². The van der Waals surface area contributed by atoms with Gasteiger partial charge in [0.2, 0.25) is 0 Å². The first kappa shape index (κ1) is 14.7. The highest BCUT2D eigenvalue weighted by Crippen LogP contribution is 2.22. The molecule has 0 aliphatic heterocycles. The van der Waals surface area contributed by atoms with Crippen LogP contribution in [0.1, 0.15) is 31.9 Å². The Morgan fingerprint density at radius 1 is 1.35 bits per heavy atom. The maximum absolute atomic E-state index is 11.0. The molecule has 1 aromatic rings. The standard InChI is InChI=1S/C13H20ClNOS/c1-10(8-9-17(3)16)15-11(2)12-6-4-5-7-13(12)14/h4-7,10-11,15H,8-9H2,1-3H3. The van der Waals surface area contributed by atoms with E-state index in [-0.39, 0.29) is 6.04 Å². The maximum Gasteiger partial charge on any atom is 0.0453 e. The Labute approximate surface area is 111 Å². The van der Waals surface area contributed by atoms with E-state index in [1.165, 1.54) is 0 Å². The fourth-order valence-corrected chi connectivity index (χ4v) is 2.75. The lowest BCUT2D eigenvalue weighted by molar-refractivity contribution is 0.470. The minimum absolute atomic E-state index is 0.212. The molecule has 0 saturated carbocycles. The molecule has 4 heteroatoms. The highest BCUT2D eigenvalue weighted by molar-refractivity contribution is 7.84. The van der Waals surface area contributed by atoms with Gasteiger partial charge in [0, 0.05) is 39.9 Å². The zero-order valence-corrected chi connectivity index (χ0v) is 12.1. The summed E-state index contributed by atoms with van der Waals surface area (Å²) >= 11 is 6.14. The second kappa shape index (κ2) is 7.14.